The predicted octanol–water partition coefficient (Wildman–Crippen LogP) is 2.05. The Morgan fingerprint density at radius 2 is 1.94 bits per heavy atom. The van der Waals surface area contributed by atoms with E-state index in [0.29, 0.717) is 17.0 Å². The van der Waals surface area contributed by atoms with E-state index in [-0.39, 0.29) is 5.91 Å². The predicted molar refractivity (Wildman–Crippen MR) is 127 cm³/mol. The van der Waals surface area contributed by atoms with Gasteiger partial charge in [-0.25, -0.2) is 14.5 Å². The van der Waals surface area contributed by atoms with Crippen LogP contribution >= 0.6 is 0 Å². The minimum absolute atomic E-state index is 0.0541. The van der Waals surface area contributed by atoms with Gasteiger partial charge in [-0.2, -0.15) is 10.2 Å². The van der Waals surface area contributed by atoms with E-state index in [1.54, 1.807) is 23.1 Å². The van der Waals surface area contributed by atoms with Crippen molar-refractivity contribution in [3.8, 4) is 11.3 Å². The molecule has 0 spiro atoms. The summed E-state index contributed by atoms with van der Waals surface area (Å²) in [5, 5.41) is 14.4. The molecule has 0 atom stereocenters. The molecule has 0 radical (unpaired) electrons. The number of nitrogens with zero attached hydrogens (tertiary/aromatic N) is 7. The molecule has 11 nitrogen and oxygen atoms in total. The first-order valence-corrected chi connectivity index (χ1v) is 11.4. The Labute approximate surface area is 196 Å². The number of rotatable bonds is 8. The number of fused-ring (bicyclic) bond motifs is 1. The number of nitrogens with one attached hydrogen (secondary N) is 2. The molecule has 2 N–H and O–H groups in total. The van der Waals surface area contributed by atoms with Gasteiger partial charge in [0.15, 0.2) is 11.5 Å². The molecular formula is C23H27N9O2. The highest BCUT2D eigenvalue weighted by molar-refractivity contribution is 5.94. The quantitative estimate of drug-likeness (QED) is 0.383. The van der Waals surface area contributed by atoms with Crippen LogP contribution < -0.4 is 5.32 Å². The van der Waals surface area contributed by atoms with Crippen molar-refractivity contribution in [3.63, 3.8) is 0 Å². The molecule has 1 aliphatic rings. The van der Waals surface area contributed by atoms with E-state index in [4.69, 9.17) is 4.74 Å². The molecule has 1 aliphatic heterocycles. The first kappa shape index (κ1) is 22.0. The number of carbonyl (C=O) groups excluding carboxylic acids is 1. The van der Waals surface area contributed by atoms with Crippen LogP contribution in [0.15, 0.2) is 49.2 Å². The molecule has 4 aromatic rings. The topological polar surface area (TPSA) is 117 Å². The summed E-state index contributed by atoms with van der Waals surface area (Å²) in [4.78, 5) is 26.1. The van der Waals surface area contributed by atoms with Crippen LogP contribution in [0.1, 0.15) is 17.3 Å². The molecule has 176 valence electrons. The van der Waals surface area contributed by atoms with Crippen LogP contribution in [-0.4, -0.2) is 91.4 Å². The average molecular weight is 462 g/mol. The Bertz CT molecular complexity index is 1230. The molecule has 34 heavy (non-hydrogen) atoms. The molecule has 1 amide bonds. The lowest BCUT2D eigenvalue weighted by molar-refractivity contribution is 0.0565. The highest BCUT2D eigenvalue weighted by Crippen LogP contribution is 2.24. The smallest absolute Gasteiger partial charge is 0.253 e. The lowest BCUT2D eigenvalue weighted by Gasteiger charge is -2.34. The van der Waals surface area contributed by atoms with Crippen molar-refractivity contribution in [2.24, 2.45) is 0 Å². The molecule has 5 rings (SSSR count). The average Bonchev–Trinajstić information content (AvgIpc) is 3.58. The van der Waals surface area contributed by atoms with Crippen LogP contribution in [0, 0.1) is 0 Å². The molecule has 0 saturated carbocycles. The molecule has 0 bridgehead atoms. The van der Waals surface area contributed by atoms with Crippen LogP contribution in [0.25, 0.3) is 16.9 Å². The first-order valence-electron chi connectivity index (χ1n) is 11.4. The van der Waals surface area contributed by atoms with E-state index in [2.05, 4.69) is 35.5 Å². The van der Waals surface area contributed by atoms with Gasteiger partial charge < -0.3 is 15.0 Å². The molecule has 4 heterocycles. The van der Waals surface area contributed by atoms with Crippen molar-refractivity contribution in [1.29, 1.82) is 0 Å². The lowest BCUT2D eigenvalue weighted by atomic mass is 10.1. The van der Waals surface area contributed by atoms with Crippen molar-refractivity contribution in [1.82, 2.24) is 39.6 Å². The maximum Gasteiger partial charge on any atom is 0.253 e. The minimum Gasteiger partial charge on any atom is -0.380 e. The van der Waals surface area contributed by atoms with Crippen molar-refractivity contribution in [2.45, 2.75) is 6.92 Å². The van der Waals surface area contributed by atoms with Gasteiger partial charge in [0.05, 0.1) is 24.7 Å². The van der Waals surface area contributed by atoms with E-state index in [9.17, 15) is 4.79 Å². The number of aromatic nitrogens is 6. The summed E-state index contributed by atoms with van der Waals surface area (Å²) in [6.45, 7) is 7.57. The number of H-pyrrole nitrogens is 1. The maximum atomic E-state index is 12.9. The lowest BCUT2D eigenvalue weighted by Crippen LogP contribution is -2.49. The van der Waals surface area contributed by atoms with Crippen LogP contribution in [0.4, 0.5) is 11.5 Å². The summed E-state index contributed by atoms with van der Waals surface area (Å²) < 4.78 is 7.14. The zero-order chi connectivity index (χ0) is 23.3. The van der Waals surface area contributed by atoms with Gasteiger partial charge in [0, 0.05) is 62.3 Å². The number of amides is 1. The van der Waals surface area contributed by atoms with E-state index < -0.39 is 0 Å². The number of anilines is 2. The van der Waals surface area contributed by atoms with Gasteiger partial charge in [-0.05, 0) is 31.2 Å². The number of hydrogen-bond donors (Lipinski definition) is 2. The van der Waals surface area contributed by atoms with Gasteiger partial charge in [0.1, 0.15) is 6.33 Å². The molecule has 0 unspecified atom stereocenters. The highest BCUT2D eigenvalue weighted by atomic mass is 16.5. The summed E-state index contributed by atoms with van der Waals surface area (Å²) in [7, 11) is 0. The normalized spacial score (nSPS) is 14.6. The fourth-order valence-corrected chi connectivity index (χ4v) is 4.02. The first-order chi connectivity index (χ1) is 16.7. The molecule has 0 aliphatic carbocycles. The van der Waals surface area contributed by atoms with Gasteiger partial charge in [0.25, 0.3) is 5.91 Å². The number of piperazine rings is 1. The summed E-state index contributed by atoms with van der Waals surface area (Å²) >= 11 is 0. The summed E-state index contributed by atoms with van der Waals surface area (Å²) in [5.41, 5.74) is 3.73. The Morgan fingerprint density at radius 1 is 1.12 bits per heavy atom. The van der Waals surface area contributed by atoms with Gasteiger partial charge in [-0.15, -0.1) is 0 Å². The van der Waals surface area contributed by atoms with E-state index in [1.165, 1.54) is 6.33 Å². The number of benzene rings is 1. The summed E-state index contributed by atoms with van der Waals surface area (Å²) in [6, 6.07) is 7.44. The number of ether oxygens (including phenoxy) is 1. The summed E-state index contributed by atoms with van der Waals surface area (Å²) in [5.74, 6) is 0.630. The van der Waals surface area contributed by atoms with E-state index >= 15 is 0 Å². The second-order valence-corrected chi connectivity index (χ2v) is 8.01. The van der Waals surface area contributed by atoms with E-state index in [1.807, 2.05) is 36.1 Å². The standard InChI is InChI=1S/C23H27N9O2/c1-2-34-12-11-30-7-9-31(10-8-30)23(33)17-3-5-19(6-4-17)29-21-22-25-16-28-32(22)20(15-24-21)18-13-26-27-14-18/h3-6,13-16H,2,7-12H2,1H3,(H,24,29)(H,26,27). The minimum atomic E-state index is 0.0541. The fraction of sp³-hybridized carbons (Fsp3) is 0.348. The van der Waals surface area contributed by atoms with Crippen molar-refractivity contribution in [3.05, 3.63) is 54.7 Å². The number of aromatic amines is 1. The van der Waals surface area contributed by atoms with Crippen LogP contribution in [0.3, 0.4) is 0 Å². The van der Waals surface area contributed by atoms with Gasteiger partial charge in [0.2, 0.25) is 0 Å². The monoisotopic (exact) mass is 461 g/mol. The fourth-order valence-electron chi connectivity index (χ4n) is 4.02. The zero-order valence-electron chi connectivity index (χ0n) is 19.0. The number of hydrogen-bond acceptors (Lipinski definition) is 8. The van der Waals surface area contributed by atoms with Gasteiger partial charge in [-0.1, -0.05) is 0 Å². The Morgan fingerprint density at radius 3 is 2.68 bits per heavy atom. The molecular weight excluding hydrogens is 434 g/mol. The largest absolute Gasteiger partial charge is 0.380 e. The molecule has 1 aromatic carbocycles. The van der Waals surface area contributed by atoms with Crippen molar-refractivity contribution < 1.29 is 9.53 Å². The van der Waals surface area contributed by atoms with Crippen LogP contribution in [0.5, 0.6) is 0 Å². The van der Waals surface area contributed by atoms with Gasteiger partial charge >= 0.3 is 0 Å². The van der Waals surface area contributed by atoms with Crippen molar-refractivity contribution in [2.75, 3.05) is 51.3 Å². The molecule has 1 saturated heterocycles. The maximum absolute atomic E-state index is 12.9. The van der Waals surface area contributed by atoms with Crippen LogP contribution in [0.2, 0.25) is 0 Å². The Balaban J connectivity index is 1.23. The highest BCUT2D eigenvalue weighted by Gasteiger charge is 2.22. The second-order valence-electron chi connectivity index (χ2n) is 8.01. The third-order valence-electron chi connectivity index (χ3n) is 5.91. The van der Waals surface area contributed by atoms with Crippen molar-refractivity contribution >= 4 is 23.1 Å². The SMILES string of the molecule is CCOCCN1CCN(C(=O)c2ccc(Nc3ncc(-c4cn[nH]c4)n4ncnc34)cc2)CC1. The molecule has 1 fully saturated rings. The Hall–Kier alpha value is -3.83. The third-order valence-corrected chi connectivity index (χ3v) is 5.91. The molecule has 11 heteroatoms. The third kappa shape index (κ3) is 4.61. The Kier molecular flexibility index (Phi) is 6.45. The zero-order valence-corrected chi connectivity index (χ0v) is 19.0. The second kappa shape index (κ2) is 9.98. The number of carbonyl (C=O) groups is 1. The molecule has 3 aromatic heterocycles. The van der Waals surface area contributed by atoms with Gasteiger partial charge in [-0.3, -0.25) is 14.8 Å². The summed E-state index contributed by atoms with van der Waals surface area (Å²) in [6.07, 6.45) is 6.70. The van der Waals surface area contributed by atoms with Crippen LogP contribution in [-0.2, 0) is 4.74 Å². The van der Waals surface area contributed by atoms with E-state index in [0.717, 1.165) is 62.9 Å².